The summed E-state index contributed by atoms with van der Waals surface area (Å²) in [5, 5.41) is 11.9. The Morgan fingerprint density at radius 1 is 1.35 bits per heavy atom. The Morgan fingerprint density at radius 2 is 2.00 bits per heavy atom. The standard InChI is InChI=1S/C14H22N2O4/c1-19-9-12(20-2)8-16-14(18)13(15)7-10-3-5-11(17)6-4-10/h3-6,12-13,17H,7-9,15H2,1-2H3,(H,16,18)/t12?,13-/m1/s1. The molecule has 0 radical (unpaired) electrons. The van der Waals surface area contributed by atoms with Crippen LogP contribution >= 0.6 is 0 Å². The number of rotatable bonds is 8. The van der Waals surface area contributed by atoms with Gasteiger partial charge in [0.1, 0.15) is 5.75 Å². The second-order valence-electron chi connectivity index (χ2n) is 4.54. The molecule has 1 aromatic carbocycles. The van der Waals surface area contributed by atoms with E-state index in [0.717, 1.165) is 5.56 Å². The zero-order valence-corrected chi connectivity index (χ0v) is 11.8. The first-order chi connectivity index (χ1) is 9.56. The number of carbonyl (C=O) groups excluding carboxylic acids is 1. The van der Waals surface area contributed by atoms with E-state index in [1.165, 1.54) is 0 Å². The number of hydrogen-bond acceptors (Lipinski definition) is 5. The number of carbonyl (C=O) groups is 1. The average Bonchev–Trinajstić information content (AvgIpc) is 2.45. The first-order valence-corrected chi connectivity index (χ1v) is 6.39. The van der Waals surface area contributed by atoms with Crippen molar-refractivity contribution in [1.82, 2.24) is 5.32 Å². The number of benzene rings is 1. The lowest BCUT2D eigenvalue weighted by Gasteiger charge is -2.17. The van der Waals surface area contributed by atoms with Crippen LogP contribution in [0.5, 0.6) is 5.75 Å². The Balaban J connectivity index is 2.40. The van der Waals surface area contributed by atoms with E-state index in [1.807, 2.05) is 0 Å². The number of ether oxygens (including phenoxy) is 2. The lowest BCUT2D eigenvalue weighted by Crippen LogP contribution is -2.45. The summed E-state index contributed by atoms with van der Waals surface area (Å²) >= 11 is 0. The Morgan fingerprint density at radius 3 is 2.55 bits per heavy atom. The van der Waals surface area contributed by atoms with Crippen LogP contribution < -0.4 is 11.1 Å². The lowest BCUT2D eigenvalue weighted by atomic mass is 10.1. The molecule has 1 aromatic rings. The number of phenolic OH excluding ortho intramolecular Hbond substituents is 1. The monoisotopic (exact) mass is 282 g/mol. The fourth-order valence-corrected chi connectivity index (χ4v) is 1.72. The molecule has 1 amide bonds. The van der Waals surface area contributed by atoms with Crippen LogP contribution in [0.15, 0.2) is 24.3 Å². The minimum absolute atomic E-state index is 0.189. The van der Waals surface area contributed by atoms with Crippen molar-refractivity contribution in [2.45, 2.75) is 18.6 Å². The second-order valence-corrected chi connectivity index (χ2v) is 4.54. The fourth-order valence-electron chi connectivity index (χ4n) is 1.72. The maximum atomic E-state index is 11.9. The predicted molar refractivity (Wildman–Crippen MR) is 75.5 cm³/mol. The molecule has 0 bridgehead atoms. The van der Waals surface area contributed by atoms with Crippen molar-refractivity contribution in [3.8, 4) is 5.75 Å². The van der Waals surface area contributed by atoms with E-state index in [2.05, 4.69) is 5.32 Å². The van der Waals surface area contributed by atoms with Crippen LogP contribution in [0.4, 0.5) is 0 Å². The van der Waals surface area contributed by atoms with Crippen molar-refractivity contribution in [1.29, 1.82) is 0 Å². The molecule has 0 saturated carbocycles. The number of nitrogens with two attached hydrogens (primary N) is 1. The van der Waals surface area contributed by atoms with E-state index in [0.29, 0.717) is 19.6 Å². The summed E-state index contributed by atoms with van der Waals surface area (Å²) in [5.41, 5.74) is 6.74. The summed E-state index contributed by atoms with van der Waals surface area (Å²) in [5.74, 6) is -0.0505. The van der Waals surface area contributed by atoms with E-state index in [4.69, 9.17) is 15.2 Å². The van der Waals surface area contributed by atoms with Gasteiger partial charge in [0, 0.05) is 20.8 Å². The van der Waals surface area contributed by atoms with Crippen molar-refractivity contribution < 1.29 is 19.4 Å². The van der Waals surface area contributed by atoms with Gasteiger partial charge in [-0.15, -0.1) is 0 Å². The summed E-state index contributed by atoms with van der Waals surface area (Å²) in [6, 6.07) is 5.98. The van der Waals surface area contributed by atoms with Gasteiger partial charge in [-0.05, 0) is 24.1 Å². The van der Waals surface area contributed by atoms with Gasteiger partial charge in [-0.25, -0.2) is 0 Å². The van der Waals surface area contributed by atoms with Crippen molar-refractivity contribution in [2.24, 2.45) is 5.73 Å². The minimum Gasteiger partial charge on any atom is -0.508 e. The normalized spacial score (nSPS) is 13.8. The van der Waals surface area contributed by atoms with Crippen molar-refractivity contribution in [3.05, 3.63) is 29.8 Å². The van der Waals surface area contributed by atoms with Gasteiger partial charge in [0.25, 0.3) is 0 Å². The molecule has 1 unspecified atom stereocenters. The van der Waals surface area contributed by atoms with Gasteiger partial charge < -0.3 is 25.6 Å². The van der Waals surface area contributed by atoms with Crippen LogP contribution in [-0.2, 0) is 20.7 Å². The molecule has 20 heavy (non-hydrogen) atoms. The van der Waals surface area contributed by atoms with Crippen LogP contribution in [0, 0.1) is 0 Å². The minimum atomic E-state index is -0.639. The molecule has 0 saturated heterocycles. The van der Waals surface area contributed by atoms with E-state index in [-0.39, 0.29) is 17.8 Å². The number of methoxy groups -OCH3 is 2. The van der Waals surface area contributed by atoms with Gasteiger partial charge in [-0.1, -0.05) is 12.1 Å². The molecule has 0 aliphatic carbocycles. The zero-order chi connectivity index (χ0) is 15.0. The molecule has 112 valence electrons. The Hall–Kier alpha value is -1.63. The predicted octanol–water partition coefficient (Wildman–Crippen LogP) is 0.0396. The van der Waals surface area contributed by atoms with Crippen LogP contribution in [0.3, 0.4) is 0 Å². The summed E-state index contributed by atoms with van der Waals surface area (Å²) in [7, 11) is 3.14. The van der Waals surface area contributed by atoms with Gasteiger partial charge >= 0.3 is 0 Å². The van der Waals surface area contributed by atoms with Crippen molar-refractivity contribution in [2.75, 3.05) is 27.4 Å². The number of nitrogens with one attached hydrogen (secondary N) is 1. The van der Waals surface area contributed by atoms with E-state index < -0.39 is 6.04 Å². The number of hydrogen-bond donors (Lipinski definition) is 3. The highest BCUT2D eigenvalue weighted by molar-refractivity contribution is 5.81. The highest BCUT2D eigenvalue weighted by Crippen LogP contribution is 2.10. The van der Waals surface area contributed by atoms with Crippen LogP contribution in [-0.4, -0.2) is 50.5 Å². The van der Waals surface area contributed by atoms with Gasteiger partial charge in [-0.2, -0.15) is 0 Å². The molecule has 4 N–H and O–H groups in total. The molecule has 1 rings (SSSR count). The highest BCUT2D eigenvalue weighted by atomic mass is 16.5. The van der Waals surface area contributed by atoms with Crippen LogP contribution in [0.2, 0.25) is 0 Å². The Kier molecular flexibility index (Phi) is 7.00. The summed E-state index contributed by atoms with van der Waals surface area (Å²) in [6.45, 7) is 0.760. The highest BCUT2D eigenvalue weighted by Gasteiger charge is 2.16. The largest absolute Gasteiger partial charge is 0.508 e. The number of aromatic hydroxyl groups is 1. The fraction of sp³-hybridized carbons (Fsp3) is 0.500. The number of amides is 1. The molecule has 6 nitrogen and oxygen atoms in total. The topological polar surface area (TPSA) is 93.8 Å². The van der Waals surface area contributed by atoms with Crippen molar-refractivity contribution in [3.63, 3.8) is 0 Å². The quantitative estimate of drug-likeness (QED) is 0.626. The third-order valence-corrected chi connectivity index (χ3v) is 2.92. The lowest BCUT2D eigenvalue weighted by molar-refractivity contribution is -0.123. The van der Waals surface area contributed by atoms with Crippen LogP contribution in [0.25, 0.3) is 0 Å². The average molecular weight is 282 g/mol. The first kappa shape index (κ1) is 16.4. The Bertz CT molecular complexity index is 408. The van der Waals surface area contributed by atoms with Gasteiger partial charge in [-0.3, -0.25) is 4.79 Å². The third kappa shape index (κ3) is 5.56. The van der Waals surface area contributed by atoms with E-state index >= 15 is 0 Å². The molecule has 2 atom stereocenters. The maximum Gasteiger partial charge on any atom is 0.237 e. The maximum absolute atomic E-state index is 11.9. The molecule has 0 aliphatic rings. The van der Waals surface area contributed by atoms with Gasteiger partial charge in [0.2, 0.25) is 5.91 Å². The molecular formula is C14H22N2O4. The van der Waals surface area contributed by atoms with Gasteiger partial charge in [0.15, 0.2) is 0 Å². The molecule has 0 aliphatic heterocycles. The second kappa shape index (κ2) is 8.52. The van der Waals surface area contributed by atoms with Crippen LogP contribution in [0.1, 0.15) is 5.56 Å². The Labute approximate surface area is 118 Å². The first-order valence-electron chi connectivity index (χ1n) is 6.39. The molecule has 0 heterocycles. The molecule has 6 heteroatoms. The summed E-state index contributed by atoms with van der Waals surface area (Å²) in [6.07, 6.45) is 0.221. The summed E-state index contributed by atoms with van der Waals surface area (Å²) < 4.78 is 10.1. The van der Waals surface area contributed by atoms with E-state index in [9.17, 15) is 9.90 Å². The van der Waals surface area contributed by atoms with E-state index in [1.54, 1.807) is 38.5 Å². The number of phenols is 1. The van der Waals surface area contributed by atoms with Gasteiger partial charge in [0.05, 0.1) is 18.8 Å². The SMILES string of the molecule is COCC(CNC(=O)[C@H](N)Cc1ccc(O)cc1)OC. The molecule has 0 fully saturated rings. The molecule has 0 aromatic heterocycles. The summed E-state index contributed by atoms with van der Waals surface area (Å²) in [4.78, 5) is 11.9. The molecular weight excluding hydrogens is 260 g/mol. The third-order valence-electron chi connectivity index (χ3n) is 2.92. The smallest absolute Gasteiger partial charge is 0.237 e. The van der Waals surface area contributed by atoms with Crippen molar-refractivity contribution >= 4 is 5.91 Å². The molecule has 0 spiro atoms. The zero-order valence-electron chi connectivity index (χ0n) is 11.8.